The maximum Gasteiger partial charge on any atom is 0.269 e. The molecule has 0 bridgehead atoms. The molecule has 70 heavy (non-hydrogen) atoms. The molecule has 20 nitrogen and oxygen atoms in total. The van der Waals surface area contributed by atoms with Crippen LogP contribution in [0.1, 0.15) is 73.6 Å². The molecule has 0 spiro atoms. The zero-order chi connectivity index (χ0) is 48.7. The highest BCUT2D eigenvalue weighted by Crippen LogP contribution is 2.36. The van der Waals surface area contributed by atoms with E-state index in [-0.39, 0.29) is 59.1 Å². The van der Waals surface area contributed by atoms with Crippen molar-refractivity contribution in [2.24, 2.45) is 11.8 Å². The number of aromatic nitrogens is 6. The van der Waals surface area contributed by atoms with E-state index in [4.69, 9.17) is 20.0 Å². The zero-order valence-electron chi connectivity index (χ0n) is 40.0. The summed E-state index contributed by atoms with van der Waals surface area (Å²) < 4.78 is 12.4. The number of anilines is 4. The van der Waals surface area contributed by atoms with E-state index in [2.05, 4.69) is 62.1 Å². The van der Waals surface area contributed by atoms with Gasteiger partial charge in [0.2, 0.25) is 11.8 Å². The molecule has 4 saturated heterocycles. The Labute approximate surface area is 407 Å². The van der Waals surface area contributed by atoms with Crippen LogP contribution in [0.3, 0.4) is 0 Å². The van der Waals surface area contributed by atoms with E-state index in [0.717, 1.165) is 114 Å². The third kappa shape index (κ3) is 10.8. The topological polar surface area (TPSA) is 237 Å². The third-order valence-corrected chi connectivity index (χ3v) is 15.0. The predicted octanol–water partition coefficient (Wildman–Crippen LogP) is 2.92. The summed E-state index contributed by atoms with van der Waals surface area (Å²) in [5, 5.41) is 30.8. The Bertz CT molecular complexity index is 2470. The zero-order valence-corrected chi connectivity index (χ0v) is 40.0. The highest BCUT2D eigenvalue weighted by atomic mass is 16.5. The Morgan fingerprint density at radius 2 is 1.00 bits per heavy atom. The van der Waals surface area contributed by atoms with Gasteiger partial charge in [0.1, 0.15) is 23.8 Å². The van der Waals surface area contributed by atoms with Crippen molar-refractivity contribution in [3.63, 3.8) is 0 Å². The van der Waals surface area contributed by atoms with E-state index in [1.807, 2.05) is 35.8 Å². The van der Waals surface area contributed by atoms with Crippen molar-refractivity contribution < 1.29 is 19.1 Å². The van der Waals surface area contributed by atoms with Crippen LogP contribution in [0.2, 0.25) is 0 Å². The van der Waals surface area contributed by atoms with Crippen LogP contribution in [-0.2, 0) is 19.1 Å². The minimum atomic E-state index is -0.150. The Morgan fingerprint density at radius 3 is 1.36 bits per heavy atom. The van der Waals surface area contributed by atoms with Crippen molar-refractivity contribution in [1.82, 2.24) is 40.2 Å². The monoisotopic (exact) mass is 954 g/mol. The molecule has 6 aliphatic rings. The lowest BCUT2D eigenvalue weighted by atomic mass is 9.81. The molecule has 10 rings (SSSR count). The van der Waals surface area contributed by atoms with Crippen molar-refractivity contribution in [2.45, 2.75) is 89.5 Å². The maximum absolute atomic E-state index is 13.0. The van der Waals surface area contributed by atoms with E-state index in [9.17, 15) is 19.2 Å². The number of hydrogen-bond donors (Lipinski definition) is 2. The molecule has 2 amide bonds. The minimum absolute atomic E-state index is 0.0402. The second-order valence-electron chi connectivity index (χ2n) is 19.3. The number of carbonyl (C=O) groups excluding carboxylic acids is 2. The van der Waals surface area contributed by atoms with Crippen LogP contribution >= 0.6 is 0 Å². The molecular formula is C50H62N14O6. The lowest BCUT2D eigenvalue weighted by molar-refractivity contribution is -0.145. The normalized spacial score (nSPS) is 24.2. The van der Waals surface area contributed by atoms with Gasteiger partial charge in [-0.2, -0.15) is 20.7 Å². The van der Waals surface area contributed by atoms with E-state index >= 15 is 0 Å². The summed E-state index contributed by atoms with van der Waals surface area (Å²) >= 11 is 0. The van der Waals surface area contributed by atoms with Gasteiger partial charge < -0.3 is 38.9 Å². The van der Waals surface area contributed by atoms with Gasteiger partial charge in [-0.15, -0.1) is 0 Å². The number of carbonyl (C=O) groups is 2. The molecule has 4 aromatic heterocycles. The number of pyridine rings is 2. The van der Waals surface area contributed by atoms with E-state index in [0.29, 0.717) is 61.6 Å². The van der Waals surface area contributed by atoms with Gasteiger partial charge in [-0.3, -0.25) is 19.2 Å². The first-order chi connectivity index (χ1) is 34.1. The van der Waals surface area contributed by atoms with Gasteiger partial charge in [-0.1, -0.05) is 0 Å². The van der Waals surface area contributed by atoms with E-state index < -0.39 is 0 Å². The van der Waals surface area contributed by atoms with Crippen molar-refractivity contribution in [1.29, 1.82) is 10.5 Å². The van der Waals surface area contributed by atoms with Crippen LogP contribution in [0.4, 0.5) is 23.0 Å². The van der Waals surface area contributed by atoms with Crippen LogP contribution in [0, 0.1) is 48.3 Å². The average Bonchev–Trinajstić information content (AvgIpc) is 4.05. The number of aromatic amines is 2. The Morgan fingerprint density at radius 1 is 0.600 bits per heavy atom. The molecule has 0 radical (unpaired) electrons. The average molecular weight is 955 g/mol. The number of rotatable bonds is 12. The largest absolute Gasteiger partial charge is 0.376 e. The van der Waals surface area contributed by atoms with Gasteiger partial charge in [0.15, 0.2) is 0 Å². The quantitative estimate of drug-likeness (QED) is 0.208. The first-order valence-electron chi connectivity index (χ1n) is 24.7. The minimum Gasteiger partial charge on any atom is -0.376 e. The molecule has 8 heterocycles. The fourth-order valence-corrected chi connectivity index (χ4v) is 10.5. The number of ether oxygens (including phenoxy) is 2. The molecule has 4 aromatic rings. The fraction of sp³-hybridized carbons (Fsp3) is 0.560. The maximum atomic E-state index is 13.0. The first kappa shape index (κ1) is 48.1. The second kappa shape index (κ2) is 21.8. The number of hydrogen-bond acceptors (Lipinski definition) is 16. The first-order valence-corrected chi connectivity index (χ1v) is 24.7. The summed E-state index contributed by atoms with van der Waals surface area (Å²) in [5.74, 6) is 2.23. The molecule has 2 atom stereocenters. The van der Waals surface area contributed by atoms with Gasteiger partial charge in [-0.05, 0) is 89.5 Å². The molecule has 20 heteroatoms. The third-order valence-electron chi connectivity index (χ3n) is 15.0. The SMILES string of the molecule is Cc1c(N2CCC[C@H]2COC2CC(C(=O)N3CCN(c4ccc(C#N)cn4)CC3)C2)cn[nH]c1=O.Cc1c(N2CCC[C@H]2COC2CC(C(=O)N3CCN(c4ccc(C#N)cn4)CC3)C2)cn[nH]c1=O. The number of nitrogens with one attached hydrogen (secondary N) is 2. The molecule has 368 valence electrons. The smallest absolute Gasteiger partial charge is 0.269 e. The Hall–Kier alpha value is -6.90. The molecule has 6 fully saturated rings. The molecule has 2 N–H and O–H groups in total. The van der Waals surface area contributed by atoms with Crippen LogP contribution in [0.5, 0.6) is 0 Å². The van der Waals surface area contributed by atoms with Crippen molar-refractivity contribution in [3.8, 4) is 12.1 Å². The standard InChI is InChI=1S/2C25H31N7O3/c2*1-17-22(15-28-29-24(17)33)32-6-2-3-20(32)16-35-21-11-19(12-21)25(34)31-9-7-30(8-10-31)23-5-4-18(13-26)14-27-23/h2*4-5,14-15,19-21H,2-3,6-12,16H2,1H3,(H,29,33)/t2*19?,20-,21?/m00/s1. The van der Waals surface area contributed by atoms with Crippen molar-refractivity contribution >= 4 is 34.8 Å². The van der Waals surface area contributed by atoms with Crippen molar-refractivity contribution in [2.75, 3.05) is 98.3 Å². The van der Waals surface area contributed by atoms with Gasteiger partial charge in [0.25, 0.3) is 11.1 Å². The van der Waals surface area contributed by atoms with Gasteiger partial charge in [0, 0.05) is 101 Å². The summed E-state index contributed by atoms with van der Waals surface area (Å²) in [4.78, 5) is 71.3. The summed E-state index contributed by atoms with van der Waals surface area (Å²) in [6, 6.07) is 11.9. The molecule has 2 aliphatic carbocycles. The fourth-order valence-electron chi connectivity index (χ4n) is 10.5. The summed E-state index contributed by atoms with van der Waals surface area (Å²) in [7, 11) is 0. The molecule has 0 unspecified atom stereocenters. The summed E-state index contributed by atoms with van der Waals surface area (Å²) in [5.41, 5.74) is 3.95. The predicted molar refractivity (Wildman–Crippen MR) is 260 cm³/mol. The molecule has 4 aliphatic heterocycles. The number of H-pyrrole nitrogens is 2. The van der Waals surface area contributed by atoms with Crippen LogP contribution in [0.25, 0.3) is 0 Å². The molecular weight excluding hydrogens is 893 g/mol. The van der Waals surface area contributed by atoms with Crippen LogP contribution in [-0.4, -0.2) is 155 Å². The Kier molecular flexibility index (Phi) is 15.0. The van der Waals surface area contributed by atoms with Gasteiger partial charge in [0.05, 0.1) is 72.4 Å². The van der Waals surface area contributed by atoms with Crippen LogP contribution < -0.4 is 30.7 Å². The second-order valence-corrected chi connectivity index (χ2v) is 19.3. The lowest BCUT2D eigenvalue weighted by Crippen LogP contribution is -2.53. The lowest BCUT2D eigenvalue weighted by Gasteiger charge is -2.41. The van der Waals surface area contributed by atoms with Gasteiger partial charge >= 0.3 is 0 Å². The number of nitriles is 2. The number of amides is 2. The molecule has 0 aromatic carbocycles. The molecule has 2 saturated carbocycles. The number of piperazine rings is 2. The number of nitrogens with zero attached hydrogens (tertiary/aromatic N) is 12. The van der Waals surface area contributed by atoms with Crippen molar-refractivity contribution in [3.05, 3.63) is 92.0 Å². The summed E-state index contributed by atoms with van der Waals surface area (Å²) in [6.45, 7) is 12.4. The highest BCUT2D eigenvalue weighted by molar-refractivity contribution is 5.80. The van der Waals surface area contributed by atoms with E-state index in [1.165, 1.54) is 0 Å². The van der Waals surface area contributed by atoms with E-state index in [1.54, 1.807) is 36.9 Å². The van der Waals surface area contributed by atoms with Crippen LogP contribution in [0.15, 0.2) is 58.6 Å². The van der Waals surface area contributed by atoms with Gasteiger partial charge in [-0.25, -0.2) is 20.2 Å². The highest BCUT2D eigenvalue weighted by Gasteiger charge is 2.41. The summed E-state index contributed by atoms with van der Waals surface area (Å²) in [6.07, 6.45) is 14.1. The Balaban J connectivity index is 0.000000174.